The maximum absolute atomic E-state index is 12.0. The topological polar surface area (TPSA) is 44.4 Å². The van der Waals surface area contributed by atoms with Crippen molar-refractivity contribution in [2.24, 2.45) is 0 Å². The summed E-state index contributed by atoms with van der Waals surface area (Å²) in [5.74, 6) is 5.97. The number of carbonyl (C=O) groups excluding carboxylic acids is 1. The van der Waals surface area contributed by atoms with E-state index >= 15 is 0 Å². The number of benzene rings is 1. The molecule has 1 atom stereocenters. The number of carbonyl (C=O) groups is 1. The largest absolute Gasteiger partial charge is 0.325 e. The molecule has 7 heteroatoms. The molecule has 1 aromatic rings. The number of hydrogen-bond acceptors (Lipinski definition) is 2. The van der Waals surface area contributed by atoms with Gasteiger partial charge in [0.05, 0.1) is 16.1 Å². The molecule has 0 bridgehead atoms. The normalized spacial score (nSPS) is 15.1. The van der Waals surface area contributed by atoms with Crippen LogP contribution >= 0.6 is 35.6 Å². The first-order valence-electron chi connectivity index (χ1n) is 6.79. The standard InChI is InChI=1S/C15H17Cl2N3O.ClH/c1-11(19-15(21)20-8-6-18-7-9-20)2-3-12-4-5-13(16)14(17)10-12;/h4-5,10-11,18H,6-9H2,1H3,(H,19,21);1H. The van der Waals surface area contributed by atoms with Crippen LogP contribution in [-0.4, -0.2) is 43.2 Å². The van der Waals surface area contributed by atoms with Gasteiger partial charge in [-0.3, -0.25) is 0 Å². The third-order valence-electron chi connectivity index (χ3n) is 3.10. The Bertz CT molecular complexity index is 577. The smallest absolute Gasteiger partial charge is 0.318 e. The first-order chi connectivity index (χ1) is 10.1. The van der Waals surface area contributed by atoms with E-state index in [2.05, 4.69) is 22.5 Å². The molecule has 4 nitrogen and oxygen atoms in total. The fraction of sp³-hybridized carbons (Fsp3) is 0.400. The number of urea groups is 1. The second-order valence-electron chi connectivity index (χ2n) is 4.81. The second-order valence-corrected chi connectivity index (χ2v) is 5.62. The Morgan fingerprint density at radius 2 is 2.00 bits per heavy atom. The van der Waals surface area contributed by atoms with E-state index < -0.39 is 0 Å². The molecule has 0 radical (unpaired) electrons. The van der Waals surface area contributed by atoms with Crippen LogP contribution in [0.2, 0.25) is 10.0 Å². The van der Waals surface area contributed by atoms with Crippen LogP contribution in [0.3, 0.4) is 0 Å². The van der Waals surface area contributed by atoms with Gasteiger partial charge < -0.3 is 15.5 Å². The minimum absolute atomic E-state index is 0. The molecule has 1 heterocycles. The maximum Gasteiger partial charge on any atom is 0.318 e. The van der Waals surface area contributed by atoms with Crippen LogP contribution in [0.15, 0.2) is 18.2 Å². The van der Waals surface area contributed by atoms with E-state index in [-0.39, 0.29) is 24.5 Å². The number of nitrogens with one attached hydrogen (secondary N) is 2. The van der Waals surface area contributed by atoms with E-state index in [1.807, 2.05) is 6.92 Å². The van der Waals surface area contributed by atoms with Gasteiger partial charge in [0.2, 0.25) is 0 Å². The van der Waals surface area contributed by atoms with Gasteiger partial charge in [-0.1, -0.05) is 35.0 Å². The van der Waals surface area contributed by atoms with Crippen LogP contribution in [0.25, 0.3) is 0 Å². The predicted molar refractivity (Wildman–Crippen MR) is 93.0 cm³/mol. The van der Waals surface area contributed by atoms with Gasteiger partial charge >= 0.3 is 6.03 Å². The lowest BCUT2D eigenvalue weighted by molar-refractivity contribution is 0.189. The van der Waals surface area contributed by atoms with Crippen LogP contribution in [0.4, 0.5) is 4.79 Å². The first kappa shape index (κ1) is 18.9. The molecule has 0 aromatic heterocycles. The van der Waals surface area contributed by atoms with Gasteiger partial charge in [0.15, 0.2) is 0 Å². The predicted octanol–water partition coefficient (Wildman–Crippen LogP) is 2.77. The van der Waals surface area contributed by atoms with E-state index in [9.17, 15) is 4.79 Å². The van der Waals surface area contributed by atoms with Crippen molar-refractivity contribution in [3.63, 3.8) is 0 Å². The fourth-order valence-corrected chi connectivity index (χ4v) is 2.24. The summed E-state index contributed by atoms with van der Waals surface area (Å²) in [6.45, 7) is 4.95. The van der Waals surface area contributed by atoms with E-state index in [0.29, 0.717) is 10.0 Å². The molecule has 1 aromatic carbocycles. The van der Waals surface area contributed by atoms with Crippen molar-refractivity contribution in [3.8, 4) is 11.8 Å². The molecule has 120 valence electrons. The lowest BCUT2D eigenvalue weighted by Gasteiger charge is -2.28. The highest BCUT2D eigenvalue weighted by atomic mass is 35.5. The summed E-state index contributed by atoms with van der Waals surface area (Å²) in [6.07, 6.45) is 0. The summed E-state index contributed by atoms with van der Waals surface area (Å²) in [7, 11) is 0. The van der Waals surface area contributed by atoms with Crippen molar-refractivity contribution in [1.82, 2.24) is 15.5 Å². The summed E-state index contributed by atoms with van der Waals surface area (Å²) in [6, 6.07) is 4.90. The summed E-state index contributed by atoms with van der Waals surface area (Å²) in [5.41, 5.74) is 0.771. The zero-order valence-electron chi connectivity index (χ0n) is 12.2. The van der Waals surface area contributed by atoms with Gasteiger partial charge in [-0.15, -0.1) is 12.4 Å². The van der Waals surface area contributed by atoms with Gasteiger partial charge in [0, 0.05) is 31.7 Å². The molecular weight excluding hydrogens is 345 g/mol. The van der Waals surface area contributed by atoms with Crippen molar-refractivity contribution in [2.45, 2.75) is 13.0 Å². The van der Waals surface area contributed by atoms with Gasteiger partial charge in [0.25, 0.3) is 0 Å². The molecule has 1 aliphatic heterocycles. The fourth-order valence-electron chi connectivity index (χ4n) is 1.95. The highest BCUT2D eigenvalue weighted by Crippen LogP contribution is 2.22. The second kappa shape index (κ2) is 9.12. The summed E-state index contributed by atoms with van der Waals surface area (Å²) in [4.78, 5) is 13.8. The lowest BCUT2D eigenvalue weighted by Crippen LogP contribution is -2.51. The van der Waals surface area contributed by atoms with Crippen molar-refractivity contribution in [2.75, 3.05) is 26.2 Å². The highest BCUT2D eigenvalue weighted by Gasteiger charge is 2.16. The van der Waals surface area contributed by atoms with Crippen molar-refractivity contribution in [3.05, 3.63) is 33.8 Å². The van der Waals surface area contributed by atoms with Crippen molar-refractivity contribution in [1.29, 1.82) is 0 Å². The summed E-state index contributed by atoms with van der Waals surface area (Å²) >= 11 is 11.8. The monoisotopic (exact) mass is 361 g/mol. The van der Waals surface area contributed by atoms with E-state index in [0.717, 1.165) is 31.7 Å². The number of nitrogens with zero attached hydrogens (tertiary/aromatic N) is 1. The average molecular weight is 363 g/mol. The van der Waals surface area contributed by atoms with Crippen LogP contribution < -0.4 is 10.6 Å². The number of halogens is 3. The average Bonchev–Trinajstić information content (AvgIpc) is 2.49. The third-order valence-corrected chi connectivity index (χ3v) is 3.84. The van der Waals surface area contributed by atoms with Crippen molar-refractivity contribution < 1.29 is 4.79 Å². The van der Waals surface area contributed by atoms with Crippen LogP contribution in [-0.2, 0) is 0 Å². The molecule has 1 unspecified atom stereocenters. The van der Waals surface area contributed by atoms with Gasteiger partial charge in [-0.05, 0) is 25.1 Å². The Morgan fingerprint density at radius 3 is 2.64 bits per heavy atom. The third kappa shape index (κ3) is 5.58. The number of amides is 2. The summed E-state index contributed by atoms with van der Waals surface area (Å²) in [5, 5.41) is 7.05. The van der Waals surface area contributed by atoms with E-state index in [1.165, 1.54) is 0 Å². The molecule has 2 rings (SSSR count). The Hall–Kier alpha value is -1.12. The number of rotatable bonds is 1. The van der Waals surface area contributed by atoms with Crippen LogP contribution in [0, 0.1) is 11.8 Å². The van der Waals surface area contributed by atoms with Gasteiger partial charge in [-0.25, -0.2) is 4.79 Å². The molecule has 22 heavy (non-hydrogen) atoms. The van der Waals surface area contributed by atoms with E-state index in [1.54, 1.807) is 23.1 Å². The molecule has 2 N–H and O–H groups in total. The summed E-state index contributed by atoms with van der Waals surface area (Å²) < 4.78 is 0. The Labute approximate surface area is 146 Å². The molecule has 1 saturated heterocycles. The minimum atomic E-state index is -0.234. The minimum Gasteiger partial charge on any atom is -0.325 e. The number of piperazine rings is 1. The SMILES string of the molecule is CC(C#Cc1ccc(Cl)c(Cl)c1)NC(=O)N1CCNCC1.Cl. The maximum atomic E-state index is 12.0. The molecule has 2 amide bonds. The van der Waals surface area contributed by atoms with Gasteiger partial charge in [-0.2, -0.15) is 0 Å². The molecule has 0 aliphatic carbocycles. The molecule has 0 spiro atoms. The van der Waals surface area contributed by atoms with Crippen LogP contribution in [0.1, 0.15) is 12.5 Å². The first-order valence-corrected chi connectivity index (χ1v) is 7.54. The molecule has 0 saturated carbocycles. The lowest BCUT2D eigenvalue weighted by atomic mass is 10.2. The van der Waals surface area contributed by atoms with E-state index in [4.69, 9.17) is 23.2 Å². The number of hydrogen-bond donors (Lipinski definition) is 2. The van der Waals surface area contributed by atoms with Crippen molar-refractivity contribution >= 4 is 41.6 Å². The van der Waals surface area contributed by atoms with Crippen LogP contribution in [0.5, 0.6) is 0 Å². The molecular formula is C15H18Cl3N3O. The quantitative estimate of drug-likeness (QED) is 0.755. The molecule has 1 aliphatic rings. The highest BCUT2D eigenvalue weighted by molar-refractivity contribution is 6.42. The zero-order chi connectivity index (χ0) is 15.2. The Balaban J connectivity index is 0.00000242. The zero-order valence-corrected chi connectivity index (χ0v) is 14.5. The Kier molecular flexibility index (Phi) is 7.84. The van der Waals surface area contributed by atoms with Gasteiger partial charge in [0.1, 0.15) is 0 Å². The molecule has 1 fully saturated rings. The Morgan fingerprint density at radius 1 is 1.32 bits per heavy atom.